The quantitative estimate of drug-likeness (QED) is 0.856. The summed E-state index contributed by atoms with van der Waals surface area (Å²) in [5, 5.41) is 0. The number of likely N-dealkylation sites (tertiary alicyclic amines) is 1. The molecule has 2 saturated heterocycles. The van der Waals surface area contributed by atoms with Crippen molar-refractivity contribution < 1.29 is 9.53 Å². The normalized spacial score (nSPS) is 22.4. The Morgan fingerprint density at radius 2 is 2.12 bits per heavy atom. The first-order valence-corrected chi connectivity index (χ1v) is 8.77. The molecule has 24 heavy (non-hydrogen) atoms. The maximum absolute atomic E-state index is 12.9. The van der Waals surface area contributed by atoms with Gasteiger partial charge in [0.2, 0.25) is 5.91 Å². The van der Waals surface area contributed by atoms with Crippen LogP contribution in [0.4, 0.5) is 0 Å². The Hall–Kier alpha value is -1.92. The van der Waals surface area contributed by atoms with Gasteiger partial charge >= 0.3 is 0 Å². The first kappa shape index (κ1) is 15.6. The van der Waals surface area contributed by atoms with E-state index in [1.807, 2.05) is 23.1 Å². The summed E-state index contributed by atoms with van der Waals surface area (Å²) in [6, 6.07) is 6.05. The van der Waals surface area contributed by atoms with Crippen molar-refractivity contribution in [2.75, 3.05) is 32.8 Å². The standard InChI is InChI=1S/C18H24N4O2/c1-14-16(22-8-3-2-6-17(22)19-14)13-21-7-4-5-15(21)18(23)20-9-11-24-12-10-20/h2-3,6,8,15H,4-5,7,9-13H2,1H3. The SMILES string of the molecule is Cc1nc2ccccn2c1CN1CCCC1C(=O)N1CCOCC1. The fourth-order valence-electron chi connectivity index (χ4n) is 3.84. The molecule has 0 spiro atoms. The lowest BCUT2D eigenvalue weighted by atomic mass is 10.1. The fourth-order valence-corrected chi connectivity index (χ4v) is 3.84. The largest absolute Gasteiger partial charge is 0.378 e. The van der Waals surface area contributed by atoms with E-state index in [1.54, 1.807) is 0 Å². The van der Waals surface area contributed by atoms with Gasteiger partial charge in [-0.1, -0.05) is 6.07 Å². The van der Waals surface area contributed by atoms with Gasteiger partial charge in [-0.3, -0.25) is 9.69 Å². The maximum atomic E-state index is 12.9. The number of aryl methyl sites for hydroxylation is 1. The number of carbonyl (C=O) groups excluding carboxylic acids is 1. The van der Waals surface area contributed by atoms with E-state index in [2.05, 4.69) is 27.4 Å². The number of ether oxygens (including phenoxy) is 1. The Labute approximate surface area is 142 Å². The first-order chi connectivity index (χ1) is 11.7. The molecule has 0 radical (unpaired) electrons. The van der Waals surface area contributed by atoms with Crippen molar-refractivity contribution in [3.63, 3.8) is 0 Å². The lowest BCUT2D eigenvalue weighted by molar-refractivity contribution is -0.140. The summed E-state index contributed by atoms with van der Waals surface area (Å²) in [6.07, 6.45) is 4.09. The smallest absolute Gasteiger partial charge is 0.240 e. The van der Waals surface area contributed by atoms with Crippen molar-refractivity contribution >= 4 is 11.6 Å². The van der Waals surface area contributed by atoms with Gasteiger partial charge < -0.3 is 14.0 Å². The Bertz CT molecular complexity index is 736. The van der Waals surface area contributed by atoms with Crippen molar-refractivity contribution in [2.45, 2.75) is 32.4 Å². The second kappa shape index (κ2) is 6.53. The summed E-state index contributed by atoms with van der Waals surface area (Å²) >= 11 is 0. The Morgan fingerprint density at radius 3 is 2.96 bits per heavy atom. The maximum Gasteiger partial charge on any atom is 0.240 e. The summed E-state index contributed by atoms with van der Waals surface area (Å²) in [5.41, 5.74) is 3.21. The molecule has 0 aliphatic carbocycles. The predicted octanol–water partition coefficient (Wildman–Crippen LogP) is 1.47. The third-order valence-corrected chi connectivity index (χ3v) is 5.15. The van der Waals surface area contributed by atoms with E-state index in [4.69, 9.17) is 4.74 Å². The molecule has 4 heterocycles. The molecule has 2 aliphatic rings. The molecule has 0 N–H and O–H groups in total. The number of fused-ring (bicyclic) bond motifs is 1. The zero-order valence-electron chi connectivity index (χ0n) is 14.1. The molecule has 6 heteroatoms. The number of carbonyl (C=O) groups is 1. The van der Waals surface area contributed by atoms with Crippen molar-refractivity contribution in [3.8, 4) is 0 Å². The molecular weight excluding hydrogens is 304 g/mol. The van der Waals surface area contributed by atoms with Crippen LogP contribution in [0.1, 0.15) is 24.2 Å². The second-order valence-electron chi connectivity index (χ2n) is 6.64. The monoisotopic (exact) mass is 328 g/mol. The molecule has 1 amide bonds. The molecule has 2 aromatic heterocycles. The van der Waals surface area contributed by atoms with E-state index < -0.39 is 0 Å². The van der Waals surface area contributed by atoms with Gasteiger partial charge in [0.1, 0.15) is 5.65 Å². The van der Waals surface area contributed by atoms with Crippen LogP contribution < -0.4 is 0 Å². The third-order valence-electron chi connectivity index (χ3n) is 5.15. The molecular formula is C18H24N4O2. The molecule has 6 nitrogen and oxygen atoms in total. The highest BCUT2D eigenvalue weighted by molar-refractivity contribution is 5.82. The van der Waals surface area contributed by atoms with Gasteiger partial charge in [0.15, 0.2) is 0 Å². The zero-order valence-corrected chi connectivity index (χ0v) is 14.1. The lowest BCUT2D eigenvalue weighted by Crippen LogP contribution is -2.49. The summed E-state index contributed by atoms with van der Waals surface area (Å²) in [5.74, 6) is 0.266. The van der Waals surface area contributed by atoms with E-state index in [9.17, 15) is 4.79 Å². The van der Waals surface area contributed by atoms with Crippen molar-refractivity contribution in [2.24, 2.45) is 0 Å². The van der Waals surface area contributed by atoms with Crippen molar-refractivity contribution in [3.05, 3.63) is 35.8 Å². The molecule has 2 fully saturated rings. The highest BCUT2D eigenvalue weighted by Gasteiger charge is 2.34. The minimum Gasteiger partial charge on any atom is -0.378 e. The second-order valence-corrected chi connectivity index (χ2v) is 6.64. The number of pyridine rings is 1. The van der Waals surface area contributed by atoms with Crippen LogP contribution in [0.3, 0.4) is 0 Å². The van der Waals surface area contributed by atoms with E-state index in [1.165, 1.54) is 5.69 Å². The number of morpholine rings is 1. The van der Waals surface area contributed by atoms with Crippen molar-refractivity contribution in [1.29, 1.82) is 0 Å². The van der Waals surface area contributed by atoms with Crippen LogP contribution in [0.2, 0.25) is 0 Å². The average Bonchev–Trinajstić information content (AvgIpc) is 3.20. The summed E-state index contributed by atoms with van der Waals surface area (Å²) in [6.45, 7) is 6.56. The van der Waals surface area contributed by atoms with E-state index >= 15 is 0 Å². The molecule has 1 unspecified atom stereocenters. The van der Waals surface area contributed by atoms with E-state index in [0.717, 1.165) is 50.4 Å². The van der Waals surface area contributed by atoms with Crippen LogP contribution in [0.5, 0.6) is 0 Å². The summed E-state index contributed by atoms with van der Waals surface area (Å²) < 4.78 is 7.51. The molecule has 2 aromatic rings. The number of amides is 1. The van der Waals surface area contributed by atoms with Gasteiger partial charge in [0, 0.05) is 25.8 Å². The molecule has 0 bridgehead atoms. The van der Waals surface area contributed by atoms with Crippen LogP contribution in [0, 0.1) is 6.92 Å². The van der Waals surface area contributed by atoms with Gasteiger partial charge in [-0.15, -0.1) is 0 Å². The molecule has 0 saturated carbocycles. The summed E-state index contributed by atoms with van der Waals surface area (Å²) in [7, 11) is 0. The Kier molecular flexibility index (Phi) is 4.24. The number of imidazole rings is 1. The van der Waals surface area contributed by atoms with Crippen LogP contribution in [0.15, 0.2) is 24.4 Å². The van der Waals surface area contributed by atoms with Crippen molar-refractivity contribution in [1.82, 2.24) is 19.2 Å². The van der Waals surface area contributed by atoms with Gasteiger partial charge in [0.05, 0.1) is 30.6 Å². The molecule has 2 aliphatic heterocycles. The molecule has 4 rings (SSSR count). The van der Waals surface area contributed by atoms with E-state index in [-0.39, 0.29) is 11.9 Å². The number of nitrogens with zero attached hydrogens (tertiary/aromatic N) is 4. The highest BCUT2D eigenvalue weighted by Crippen LogP contribution is 2.24. The minimum atomic E-state index is -0.00300. The molecule has 0 aromatic carbocycles. The van der Waals surface area contributed by atoms with Crippen LogP contribution in [0.25, 0.3) is 5.65 Å². The number of hydrogen-bond acceptors (Lipinski definition) is 4. The topological polar surface area (TPSA) is 50.1 Å². The summed E-state index contributed by atoms with van der Waals surface area (Å²) in [4.78, 5) is 21.8. The number of hydrogen-bond donors (Lipinski definition) is 0. The lowest BCUT2D eigenvalue weighted by Gasteiger charge is -2.32. The average molecular weight is 328 g/mol. The zero-order chi connectivity index (χ0) is 16.5. The molecule has 128 valence electrons. The predicted molar refractivity (Wildman–Crippen MR) is 90.8 cm³/mol. The Balaban J connectivity index is 1.54. The third kappa shape index (κ3) is 2.80. The van der Waals surface area contributed by atoms with Crippen LogP contribution in [-0.2, 0) is 16.1 Å². The van der Waals surface area contributed by atoms with Gasteiger partial charge in [-0.2, -0.15) is 0 Å². The van der Waals surface area contributed by atoms with Gasteiger partial charge in [-0.25, -0.2) is 4.98 Å². The highest BCUT2D eigenvalue weighted by atomic mass is 16.5. The Morgan fingerprint density at radius 1 is 1.29 bits per heavy atom. The number of rotatable bonds is 3. The van der Waals surface area contributed by atoms with E-state index in [0.29, 0.717) is 13.2 Å². The van der Waals surface area contributed by atoms with Crippen LogP contribution in [-0.4, -0.2) is 64.0 Å². The number of aromatic nitrogens is 2. The first-order valence-electron chi connectivity index (χ1n) is 8.77. The fraction of sp³-hybridized carbons (Fsp3) is 0.556. The van der Waals surface area contributed by atoms with Gasteiger partial charge in [0.25, 0.3) is 0 Å². The minimum absolute atomic E-state index is 0.00300. The molecule has 1 atom stereocenters. The van der Waals surface area contributed by atoms with Crippen LogP contribution >= 0.6 is 0 Å². The van der Waals surface area contributed by atoms with Gasteiger partial charge in [-0.05, 0) is 38.4 Å².